The number of aliphatic carboxylic acids is 3. The number of carbonyl (C=O) groups is 3. The molecule has 0 aliphatic heterocycles. The normalized spacial score (nSPS) is 16.1. The summed E-state index contributed by atoms with van der Waals surface area (Å²) < 4.78 is -0.465. The van der Waals surface area contributed by atoms with E-state index in [1.165, 1.54) is 25.7 Å². The Bertz CT molecular complexity index is 558. The number of carboxylic acid groups (broad SMARTS) is 3. The Morgan fingerprint density at radius 1 is 0.676 bits per heavy atom. The molecular weight excluding hydrogens is 434 g/mol. The molecule has 0 heterocycles. The number of unbranched alkanes of at least 4 members (excludes halogenated alkanes) is 6. The minimum atomic E-state index is -1.35. The Labute approximate surface area is 206 Å². The first-order chi connectivity index (χ1) is 16.2. The summed E-state index contributed by atoms with van der Waals surface area (Å²) in [5.74, 6) is -3.61. The van der Waals surface area contributed by atoms with Crippen molar-refractivity contribution in [1.29, 1.82) is 0 Å². The van der Waals surface area contributed by atoms with E-state index >= 15 is 0 Å². The molecule has 7 nitrogen and oxygen atoms in total. The highest BCUT2D eigenvalue weighted by Gasteiger charge is 2.54. The number of quaternary nitrogens is 1. The average Bonchev–Trinajstić information content (AvgIpc) is 2.78. The van der Waals surface area contributed by atoms with Crippen LogP contribution in [0.3, 0.4) is 0 Å². The molecule has 0 saturated heterocycles. The third-order valence-electron chi connectivity index (χ3n) is 6.83. The van der Waals surface area contributed by atoms with E-state index in [4.69, 9.17) is 0 Å². The molecule has 0 fully saturated rings. The van der Waals surface area contributed by atoms with Crippen LogP contribution in [0.2, 0.25) is 0 Å². The molecular formula is C27H49NO6. The van der Waals surface area contributed by atoms with Crippen LogP contribution >= 0.6 is 0 Å². The molecule has 0 saturated carbocycles. The molecule has 0 amide bonds. The number of carboxylic acids is 3. The summed E-state index contributed by atoms with van der Waals surface area (Å²) in [6, 6.07) is -3.38. The maximum atomic E-state index is 12.4. The SMILES string of the molecule is CCCCCCC/C=C/CCC[N+](C(CCC)C(=O)[O-])(C(CCC)C(=O)O)C(CCC)C(=O)O. The van der Waals surface area contributed by atoms with Gasteiger partial charge in [0.1, 0.15) is 6.04 Å². The molecule has 3 unspecified atom stereocenters. The van der Waals surface area contributed by atoms with Crippen LogP contribution in [0.4, 0.5) is 0 Å². The van der Waals surface area contributed by atoms with Crippen LogP contribution in [-0.4, -0.2) is 57.3 Å². The van der Waals surface area contributed by atoms with E-state index in [1.807, 2.05) is 20.8 Å². The summed E-state index contributed by atoms with van der Waals surface area (Å²) in [6.07, 6.45) is 14.6. The fraction of sp³-hybridized carbons (Fsp3) is 0.815. The number of allylic oxidation sites excluding steroid dienone is 2. The first-order valence-electron chi connectivity index (χ1n) is 13.4. The van der Waals surface area contributed by atoms with Gasteiger partial charge in [0.05, 0.1) is 12.5 Å². The van der Waals surface area contributed by atoms with E-state index in [-0.39, 0.29) is 25.8 Å². The van der Waals surface area contributed by atoms with E-state index in [2.05, 4.69) is 19.1 Å². The van der Waals surface area contributed by atoms with Gasteiger partial charge in [-0.05, 0) is 32.1 Å². The first-order valence-corrected chi connectivity index (χ1v) is 13.4. The first kappa shape index (κ1) is 32.1. The minimum absolute atomic E-state index is 0.188. The molecule has 198 valence electrons. The lowest BCUT2D eigenvalue weighted by molar-refractivity contribution is -0.975. The Kier molecular flexibility index (Phi) is 17.4. The van der Waals surface area contributed by atoms with Crippen molar-refractivity contribution in [2.75, 3.05) is 6.54 Å². The Hall–Kier alpha value is -1.89. The lowest BCUT2D eigenvalue weighted by atomic mass is 9.91. The summed E-state index contributed by atoms with van der Waals surface area (Å²) in [7, 11) is 0. The van der Waals surface area contributed by atoms with Crippen molar-refractivity contribution < 1.29 is 34.2 Å². The number of nitrogens with zero attached hydrogens (tertiary/aromatic N) is 1. The highest BCUT2D eigenvalue weighted by molar-refractivity contribution is 5.77. The van der Waals surface area contributed by atoms with Gasteiger partial charge in [-0.2, -0.15) is 0 Å². The van der Waals surface area contributed by atoms with Gasteiger partial charge >= 0.3 is 11.9 Å². The third-order valence-corrected chi connectivity index (χ3v) is 6.83. The van der Waals surface area contributed by atoms with Gasteiger partial charge in [-0.25, -0.2) is 9.59 Å². The van der Waals surface area contributed by atoms with Crippen molar-refractivity contribution in [1.82, 2.24) is 0 Å². The van der Waals surface area contributed by atoms with Gasteiger partial charge in [0.15, 0.2) is 12.1 Å². The van der Waals surface area contributed by atoms with Gasteiger partial charge in [0.25, 0.3) is 0 Å². The maximum Gasteiger partial charge on any atom is 0.362 e. The summed E-state index contributed by atoms with van der Waals surface area (Å²) in [5, 5.41) is 32.7. The van der Waals surface area contributed by atoms with Crippen LogP contribution < -0.4 is 5.11 Å². The molecule has 34 heavy (non-hydrogen) atoms. The number of hydrogen-bond acceptors (Lipinski definition) is 4. The van der Waals surface area contributed by atoms with E-state index < -0.39 is 40.5 Å². The summed E-state index contributed by atoms with van der Waals surface area (Å²) >= 11 is 0. The van der Waals surface area contributed by atoms with Gasteiger partial charge in [0, 0.05) is 25.7 Å². The quantitative estimate of drug-likeness (QED) is 0.128. The van der Waals surface area contributed by atoms with Gasteiger partial charge in [0.2, 0.25) is 0 Å². The van der Waals surface area contributed by atoms with Crippen molar-refractivity contribution in [2.45, 2.75) is 136 Å². The van der Waals surface area contributed by atoms with E-state index in [0.29, 0.717) is 32.1 Å². The highest BCUT2D eigenvalue weighted by atomic mass is 16.4. The predicted molar refractivity (Wildman–Crippen MR) is 133 cm³/mol. The van der Waals surface area contributed by atoms with Gasteiger partial charge < -0.3 is 20.1 Å². The smallest absolute Gasteiger partial charge is 0.362 e. The predicted octanol–water partition coefficient (Wildman–Crippen LogP) is 4.93. The van der Waals surface area contributed by atoms with Gasteiger partial charge in [-0.1, -0.05) is 72.0 Å². The lowest BCUT2D eigenvalue weighted by Gasteiger charge is -2.52. The molecule has 7 heteroatoms. The van der Waals surface area contributed by atoms with Crippen LogP contribution in [0.5, 0.6) is 0 Å². The second-order valence-corrected chi connectivity index (χ2v) is 9.44. The zero-order chi connectivity index (χ0) is 26.0. The van der Waals surface area contributed by atoms with Crippen molar-refractivity contribution in [3.05, 3.63) is 12.2 Å². The van der Waals surface area contributed by atoms with Crippen molar-refractivity contribution in [3.8, 4) is 0 Å². The Morgan fingerprint density at radius 3 is 1.53 bits per heavy atom. The van der Waals surface area contributed by atoms with Crippen molar-refractivity contribution in [3.63, 3.8) is 0 Å². The Balaban J connectivity index is 5.96. The fourth-order valence-electron chi connectivity index (χ4n) is 5.22. The molecule has 3 atom stereocenters. The molecule has 0 rings (SSSR count). The molecule has 0 spiro atoms. The minimum Gasteiger partial charge on any atom is -0.544 e. The molecule has 0 aromatic heterocycles. The molecule has 0 aromatic rings. The maximum absolute atomic E-state index is 12.4. The summed E-state index contributed by atoms with van der Waals surface area (Å²) in [5.41, 5.74) is 0. The summed E-state index contributed by atoms with van der Waals surface area (Å²) in [6.45, 7) is 7.90. The van der Waals surface area contributed by atoms with Crippen molar-refractivity contribution in [2.24, 2.45) is 0 Å². The molecule has 0 aromatic carbocycles. The standard InChI is InChI=1S/C27H49NO6/c1-5-9-10-11-12-13-14-15-16-17-21-28(22(18-6-2)25(29)30,23(19-7-3)26(31)32)24(20-8-4)27(33)34/h14-15,22-24H,5-13,16-21H2,1-4H3,(H2-,29,30,31,32,33,34)/b15-14+. The molecule has 2 N–H and O–H groups in total. The molecule has 0 aliphatic rings. The monoisotopic (exact) mass is 483 g/mol. The molecule has 0 radical (unpaired) electrons. The zero-order valence-corrected chi connectivity index (χ0v) is 22.0. The van der Waals surface area contributed by atoms with Crippen LogP contribution in [0.1, 0.15) is 118 Å². The third kappa shape index (κ3) is 10.2. The van der Waals surface area contributed by atoms with Crippen molar-refractivity contribution >= 4 is 17.9 Å². The average molecular weight is 484 g/mol. The second-order valence-electron chi connectivity index (χ2n) is 9.44. The van der Waals surface area contributed by atoms with Crippen LogP contribution in [-0.2, 0) is 14.4 Å². The summed E-state index contributed by atoms with van der Waals surface area (Å²) in [4.78, 5) is 37.2. The molecule has 0 aliphatic carbocycles. The topological polar surface area (TPSA) is 115 Å². The van der Waals surface area contributed by atoms with Crippen LogP contribution in [0.25, 0.3) is 0 Å². The lowest BCUT2D eigenvalue weighted by Crippen LogP contribution is -2.74. The second kappa shape index (κ2) is 18.4. The molecule has 0 bridgehead atoms. The number of carbonyl (C=O) groups excluding carboxylic acids is 1. The van der Waals surface area contributed by atoms with Gasteiger partial charge in [-0.15, -0.1) is 0 Å². The fourth-order valence-corrected chi connectivity index (χ4v) is 5.22. The van der Waals surface area contributed by atoms with E-state index in [9.17, 15) is 29.7 Å². The van der Waals surface area contributed by atoms with E-state index in [0.717, 1.165) is 12.8 Å². The van der Waals surface area contributed by atoms with Gasteiger partial charge in [-0.3, -0.25) is 4.48 Å². The highest BCUT2D eigenvalue weighted by Crippen LogP contribution is 2.33. The van der Waals surface area contributed by atoms with Crippen LogP contribution in [0.15, 0.2) is 12.2 Å². The number of hydrogen-bond donors (Lipinski definition) is 2. The number of rotatable bonds is 22. The Morgan fingerprint density at radius 2 is 1.12 bits per heavy atom. The largest absolute Gasteiger partial charge is 0.544 e. The zero-order valence-electron chi connectivity index (χ0n) is 22.0. The van der Waals surface area contributed by atoms with Crippen LogP contribution in [0, 0.1) is 0 Å². The van der Waals surface area contributed by atoms with E-state index in [1.54, 1.807) is 0 Å².